The van der Waals surface area contributed by atoms with E-state index in [9.17, 15) is 0 Å². The molecule has 1 heterocycles. The van der Waals surface area contributed by atoms with Crippen LogP contribution in [0.25, 0.3) is 6.08 Å². The average Bonchev–Trinajstić information content (AvgIpc) is 2.82. The molecular formula is C14H14OS. The molecule has 0 atom stereocenters. The van der Waals surface area contributed by atoms with Gasteiger partial charge in [-0.15, -0.1) is 11.3 Å². The molecule has 0 amide bonds. The number of rotatable bonds is 4. The number of hydrogen-bond donors (Lipinski definition) is 0. The van der Waals surface area contributed by atoms with Gasteiger partial charge in [-0.2, -0.15) is 0 Å². The molecule has 2 heteroatoms. The van der Waals surface area contributed by atoms with Gasteiger partial charge >= 0.3 is 0 Å². The van der Waals surface area contributed by atoms with Crippen molar-refractivity contribution in [1.29, 1.82) is 0 Å². The third-order valence-electron chi connectivity index (χ3n) is 2.54. The second kappa shape index (κ2) is 4.99. The van der Waals surface area contributed by atoms with Gasteiger partial charge in [-0.05, 0) is 23.1 Å². The molecule has 0 saturated carbocycles. The molecule has 0 radical (unpaired) electrons. The van der Waals surface area contributed by atoms with E-state index in [0.29, 0.717) is 0 Å². The molecular weight excluding hydrogens is 216 g/mol. The summed E-state index contributed by atoms with van der Waals surface area (Å²) < 4.78 is 5.39. The highest BCUT2D eigenvalue weighted by atomic mass is 32.1. The van der Waals surface area contributed by atoms with Crippen molar-refractivity contribution in [2.45, 2.75) is 6.42 Å². The molecule has 1 aromatic carbocycles. The summed E-state index contributed by atoms with van der Waals surface area (Å²) in [6.45, 7) is 3.84. The summed E-state index contributed by atoms with van der Waals surface area (Å²) in [4.78, 5) is 1.34. The third kappa shape index (κ3) is 2.17. The first-order valence-corrected chi connectivity index (χ1v) is 6.04. The lowest BCUT2D eigenvalue weighted by molar-refractivity contribution is 0.410. The SMILES string of the molecule is C=Cc1cccc(OC)c1Cc1cccs1. The normalized spacial score (nSPS) is 10.1. The van der Waals surface area contributed by atoms with E-state index in [1.54, 1.807) is 18.4 Å². The number of ether oxygens (including phenoxy) is 1. The molecule has 0 spiro atoms. The van der Waals surface area contributed by atoms with Crippen molar-refractivity contribution in [2.75, 3.05) is 7.11 Å². The molecule has 82 valence electrons. The molecule has 0 unspecified atom stereocenters. The Morgan fingerprint density at radius 3 is 2.81 bits per heavy atom. The summed E-state index contributed by atoms with van der Waals surface area (Å²) in [5.74, 6) is 0.936. The van der Waals surface area contributed by atoms with E-state index in [-0.39, 0.29) is 0 Å². The molecule has 0 fully saturated rings. The molecule has 2 aromatic rings. The van der Waals surface area contributed by atoms with E-state index >= 15 is 0 Å². The first-order valence-electron chi connectivity index (χ1n) is 5.16. The Labute approximate surface area is 100 Å². The van der Waals surface area contributed by atoms with Gasteiger partial charge in [-0.3, -0.25) is 0 Å². The Morgan fingerprint density at radius 1 is 1.31 bits per heavy atom. The Balaban J connectivity index is 2.40. The van der Waals surface area contributed by atoms with Gasteiger partial charge in [0.1, 0.15) is 5.75 Å². The monoisotopic (exact) mass is 230 g/mol. The minimum absolute atomic E-state index is 0.906. The van der Waals surface area contributed by atoms with Crippen LogP contribution in [0.4, 0.5) is 0 Å². The van der Waals surface area contributed by atoms with E-state index in [0.717, 1.165) is 17.7 Å². The average molecular weight is 230 g/mol. The van der Waals surface area contributed by atoms with Gasteiger partial charge in [0.25, 0.3) is 0 Å². The Hall–Kier alpha value is -1.54. The second-order valence-electron chi connectivity index (χ2n) is 3.49. The molecule has 0 saturated heterocycles. The van der Waals surface area contributed by atoms with Crippen molar-refractivity contribution in [2.24, 2.45) is 0 Å². The van der Waals surface area contributed by atoms with E-state index in [1.165, 1.54) is 10.4 Å². The zero-order valence-corrected chi connectivity index (χ0v) is 10.1. The van der Waals surface area contributed by atoms with Gasteiger partial charge in [-0.1, -0.05) is 30.9 Å². The van der Waals surface area contributed by atoms with Crippen molar-refractivity contribution < 1.29 is 4.74 Å². The van der Waals surface area contributed by atoms with Crippen LogP contribution in [-0.2, 0) is 6.42 Å². The summed E-state index contributed by atoms with van der Waals surface area (Å²) in [6.07, 6.45) is 2.79. The van der Waals surface area contributed by atoms with Gasteiger partial charge in [0, 0.05) is 16.9 Å². The molecule has 0 aliphatic rings. The fourth-order valence-corrected chi connectivity index (χ4v) is 2.46. The topological polar surface area (TPSA) is 9.23 Å². The second-order valence-corrected chi connectivity index (χ2v) is 4.52. The zero-order valence-electron chi connectivity index (χ0n) is 9.27. The van der Waals surface area contributed by atoms with Crippen LogP contribution in [0.3, 0.4) is 0 Å². The van der Waals surface area contributed by atoms with Crippen LogP contribution >= 0.6 is 11.3 Å². The van der Waals surface area contributed by atoms with Crippen LogP contribution in [0.1, 0.15) is 16.0 Å². The van der Waals surface area contributed by atoms with Gasteiger partial charge in [0.2, 0.25) is 0 Å². The van der Waals surface area contributed by atoms with Crippen LogP contribution < -0.4 is 4.74 Å². The molecule has 1 nitrogen and oxygen atoms in total. The first-order chi connectivity index (χ1) is 7.85. The lowest BCUT2D eigenvalue weighted by Crippen LogP contribution is -1.95. The lowest BCUT2D eigenvalue weighted by atomic mass is 10.0. The predicted octanol–water partition coefficient (Wildman–Crippen LogP) is 3.99. The van der Waals surface area contributed by atoms with Crippen LogP contribution in [0.15, 0.2) is 42.3 Å². The maximum absolute atomic E-state index is 5.39. The highest BCUT2D eigenvalue weighted by Crippen LogP contribution is 2.27. The fourth-order valence-electron chi connectivity index (χ4n) is 1.74. The Bertz CT molecular complexity index is 471. The number of thiophene rings is 1. The minimum Gasteiger partial charge on any atom is -0.496 e. The van der Waals surface area contributed by atoms with Crippen molar-refractivity contribution in [3.63, 3.8) is 0 Å². The van der Waals surface area contributed by atoms with Crippen LogP contribution in [0.5, 0.6) is 5.75 Å². The molecule has 1 aromatic heterocycles. The van der Waals surface area contributed by atoms with E-state index in [2.05, 4.69) is 30.2 Å². The quantitative estimate of drug-likeness (QED) is 0.771. The van der Waals surface area contributed by atoms with Gasteiger partial charge < -0.3 is 4.74 Å². The lowest BCUT2D eigenvalue weighted by Gasteiger charge is -2.10. The standard InChI is InChI=1S/C14H14OS/c1-3-11-6-4-8-14(15-2)13(11)10-12-7-5-9-16-12/h3-9H,1,10H2,2H3. The number of benzene rings is 1. The first kappa shape index (κ1) is 11.0. The van der Waals surface area contributed by atoms with E-state index in [4.69, 9.17) is 4.74 Å². The fraction of sp³-hybridized carbons (Fsp3) is 0.143. The maximum Gasteiger partial charge on any atom is 0.123 e. The number of methoxy groups -OCH3 is 1. The molecule has 0 aliphatic heterocycles. The van der Waals surface area contributed by atoms with Gasteiger partial charge in [0.15, 0.2) is 0 Å². The van der Waals surface area contributed by atoms with Crippen molar-refractivity contribution >= 4 is 17.4 Å². The summed E-state index contributed by atoms with van der Waals surface area (Å²) in [5, 5.41) is 2.10. The summed E-state index contributed by atoms with van der Waals surface area (Å²) in [7, 11) is 1.71. The molecule has 0 bridgehead atoms. The summed E-state index contributed by atoms with van der Waals surface area (Å²) >= 11 is 1.77. The minimum atomic E-state index is 0.906. The molecule has 2 rings (SSSR count). The maximum atomic E-state index is 5.39. The summed E-state index contributed by atoms with van der Waals surface area (Å²) in [6, 6.07) is 10.3. The van der Waals surface area contributed by atoms with E-state index < -0.39 is 0 Å². The largest absolute Gasteiger partial charge is 0.496 e. The molecule has 0 N–H and O–H groups in total. The summed E-state index contributed by atoms with van der Waals surface area (Å²) in [5.41, 5.74) is 2.36. The highest BCUT2D eigenvalue weighted by Gasteiger charge is 2.08. The van der Waals surface area contributed by atoms with Gasteiger partial charge in [0.05, 0.1) is 7.11 Å². The number of hydrogen-bond acceptors (Lipinski definition) is 2. The predicted molar refractivity (Wildman–Crippen MR) is 70.2 cm³/mol. The van der Waals surface area contributed by atoms with Crippen LogP contribution in [0.2, 0.25) is 0 Å². The van der Waals surface area contributed by atoms with Gasteiger partial charge in [-0.25, -0.2) is 0 Å². The molecule has 0 aliphatic carbocycles. The van der Waals surface area contributed by atoms with Crippen molar-refractivity contribution in [3.8, 4) is 5.75 Å². The van der Waals surface area contributed by atoms with Crippen molar-refractivity contribution in [3.05, 3.63) is 58.3 Å². The third-order valence-corrected chi connectivity index (χ3v) is 3.42. The zero-order chi connectivity index (χ0) is 11.4. The molecule has 16 heavy (non-hydrogen) atoms. The van der Waals surface area contributed by atoms with E-state index in [1.807, 2.05) is 18.2 Å². The Kier molecular flexibility index (Phi) is 3.42. The Morgan fingerprint density at radius 2 is 2.19 bits per heavy atom. The van der Waals surface area contributed by atoms with Crippen LogP contribution in [0, 0.1) is 0 Å². The smallest absolute Gasteiger partial charge is 0.123 e. The highest BCUT2D eigenvalue weighted by molar-refractivity contribution is 7.09. The van der Waals surface area contributed by atoms with Crippen molar-refractivity contribution in [1.82, 2.24) is 0 Å². The van der Waals surface area contributed by atoms with Crippen LogP contribution in [-0.4, -0.2) is 7.11 Å².